The van der Waals surface area contributed by atoms with Crippen LogP contribution in [0, 0.1) is 0 Å². The fraction of sp³-hybridized carbons (Fsp3) is 0.455. The fourth-order valence-corrected chi connectivity index (χ4v) is 1.72. The summed E-state index contributed by atoms with van der Waals surface area (Å²) in [6.45, 7) is 1.33. The Balaban J connectivity index is 1.85. The summed E-state index contributed by atoms with van der Waals surface area (Å²) >= 11 is 0. The highest BCUT2D eigenvalue weighted by Gasteiger charge is 2.16. The highest BCUT2D eigenvalue weighted by atomic mass is 16.5. The van der Waals surface area contributed by atoms with Crippen LogP contribution in [0.5, 0.6) is 0 Å². The molecule has 17 heavy (non-hydrogen) atoms. The highest BCUT2D eigenvalue weighted by Crippen LogP contribution is 2.11. The molecule has 0 aliphatic carbocycles. The molecule has 1 aliphatic rings. The van der Waals surface area contributed by atoms with Gasteiger partial charge in [0.15, 0.2) is 0 Å². The molecule has 1 unspecified atom stereocenters. The molecule has 6 nitrogen and oxygen atoms in total. The number of amides is 1. The number of hydrazine groups is 1. The number of aromatic nitrogens is 1. The number of anilines is 1. The zero-order valence-corrected chi connectivity index (χ0v) is 9.48. The van der Waals surface area contributed by atoms with Crippen LogP contribution in [0.3, 0.4) is 0 Å². The molecule has 1 amide bonds. The molecule has 4 N–H and O–H groups in total. The minimum absolute atomic E-state index is 0.143. The number of ether oxygens (including phenoxy) is 1. The summed E-state index contributed by atoms with van der Waals surface area (Å²) in [5.41, 5.74) is 3.50. The molecule has 0 aromatic carbocycles. The quantitative estimate of drug-likeness (QED) is 0.516. The Kier molecular flexibility index (Phi) is 3.89. The van der Waals surface area contributed by atoms with Gasteiger partial charge in [-0.15, -0.1) is 0 Å². The van der Waals surface area contributed by atoms with Gasteiger partial charge < -0.3 is 15.5 Å². The number of nitrogens with one attached hydrogen (secondary N) is 2. The van der Waals surface area contributed by atoms with Gasteiger partial charge in [0.1, 0.15) is 5.69 Å². The molecule has 1 atom stereocenters. The summed E-state index contributed by atoms with van der Waals surface area (Å²) < 4.78 is 5.41. The van der Waals surface area contributed by atoms with Crippen molar-refractivity contribution in [2.45, 2.75) is 18.9 Å². The SMILES string of the molecule is NNc1ccc(C(=O)NCC2CCCO2)nc1. The maximum absolute atomic E-state index is 11.7. The van der Waals surface area contributed by atoms with Crippen molar-refractivity contribution in [3.8, 4) is 0 Å². The molecule has 0 saturated carbocycles. The van der Waals surface area contributed by atoms with Gasteiger partial charge in [0, 0.05) is 13.2 Å². The van der Waals surface area contributed by atoms with E-state index in [0.29, 0.717) is 17.9 Å². The standard InChI is InChI=1S/C11H16N4O2/c12-15-8-3-4-10(13-6-8)11(16)14-7-9-2-1-5-17-9/h3-4,6,9,15H,1-2,5,7,12H2,(H,14,16). The van der Waals surface area contributed by atoms with Gasteiger partial charge in [-0.05, 0) is 25.0 Å². The van der Waals surface area contributed by atoms with Crippen molar-refractivity contribution < 1.29 is 9.53 Å². The zero-order chi connectivity index (χ0) is 12.1. The molecule has 1 fully saturated rings. The summed E-state index contributed by atoms with van der Waals surface area (Å²) in [5, 5.41) is 2.80. The first-order valence-electron chi connectivity index (χ1n) is 5.62. The Labute approximate surface area is 99.5 Å². The highest BCUT2D eigenvalue weighted by molar-refractivity contribution is 5.92. The lowest BCUT2D eigenvalue weighted by atomic mass is 10.2. The third-order valence-electron chi connectivity index (χ3n) is 2.68. The number of nitrogens with two attached hydrogens (primary N) is 1. The van der Waals surface area contributed by atoms with E-state index in [1.54, 1.807) is 12.1 Å². The van der Waals surface area contributed by atoms with E-state index < -0.39 is 0 Å². The summed E-state index contributed by atoms with van der Waals surface area (Å²) in [5.74, 6) is 5.02. The number of carbonyl (C=O) groups is 1. The number of pyridine rings is 1. The molecule has 0 spiro atoms. The third-order valence-corrected chi connectivity index (χ3v) is 2.68. The Bertz CT molecular complexity index is 374. The van der Waals surface area contributed by atoms with Gasteiger partial charge in [-0.25, -0.2) is 4.98 Å². The van der Waals surface area contributed by atoms with Crippen LogP contribution in [0.15, 0.2) is 18.3 Å². The topological polar surface area (TPSA) is 89.3 Å². The van der Waals surface area contributed by atoms with Crippen molar-refractivity contribution in [1.29, 1.82) is 0 Å². The number of hydrogen-bond donors (Lipinski definition) is 3. The number of carbonyl (C=O) groups excluding carboxylic acids is 1. The molecule has 2 heterocycles. The van der Waals surface area contributed by atoms with Crippen molar-refractivity contribution >= 4 is 11.6 Å². The molecule has 2 rings (SSSR count). The van der Waals surface area contributed by atoms with Gasteiger partial charge in [-0.2, -0.15) is 0 Å². The maximum Gasteiger partial charge on any atom is 0.269 e. The summed E-state index contributed by atoms with van der Waals surface area (Å²) in [6.07, 6.45) is 3.73. The zero-order valence-electron chi connectivity index (χ0n) is 9.48. The molecule has 1 saturated heterocycles. The normalized spacial score (nSPS) is 19.0. The molecular weight excluding hydrogens is 220 g/mol. The lowest BCUT2D eigenvalue weighted by Crippen LogP contribution is -2.32. The molecule has 0 bridgehead atoms. The van der Waals surface area contributed by atoms with E-state index in [9.17, 15) is 4.79 Å². The van der Waals surface area contributed by atoms with Crippen LogP contribution >= 0.6 is 0 Å². The van der Waals surface area contributed by atoms with Crippen molar-refractivity contribution in [3.05, 3.63) is 24.0 Å². The van der Waals surface area contributed by atoms with Crippen LogP contribution in [0.1, 0.15) is 23.3 Å². The predicted octanol–water partition coefficient (Wildman–Crippen LogP) is 0.276. The van der Waals surface area contributed by atoms with Gasteiger partial charge in [-0.1, -0.05) is 0 Å². The minimum Gasteiger partial charge on any atom is -0.376 e. The van der Waals surface area contributed by atoms with E-state index in [1.807, 2.05) is 0 Å². The molecular formula is C11H16N4O2. The van der Waals surface area contributed by atoms with Crippen LogP contribution in [0.2, 0.25) is 0 Å². The van der Waals surface area contributed by atoms with Gasteiger partial charge in [0.2, 0.25) is 0 Å². The minimum atomic E-state index is -0.191. The van der Waals surface area contributed by atoms with Gasteiger partial charge in [-0.3, -0.25) is 10.6 Å². The maximum atomic E-state index is 11.7. The molecule has 1 aliphatic heterocycles. The van der Waals surface area contributed by atoms with Crippen LogP contribution in [0.4, 0.5) is 5.69 Å². The van der Waals surface area contributed by atoms with Gasteiger partial charge in [0.05, 0.1) is 18.0 Å². The Morgan fingerprint density at radius 1 is 1.59 bits per heavy atom. The molecule has 0 radical (unpaired) electrons. The van der Waals surface area contributed by atoms with Crippen LogP contribution in [-0.4, -0.2) is 30.1 Å². The van der Waals surface area contributed by atoms with Crippen LogP contribution in [-0.2, 0) is 4.74 Å². The van der Waals surface area contributed by atoms with E-state index in [2.05, 4.69) is 15.7 Å². The summed E-state index contributed by atoms with van der Waals surface area (Å²) in [4.78, 5) is 15.7. The second kappa shape index (κ2) is 5.60. The second-order valence-corrected chi connectivity index (χ2v) is 3.92. The number of nitrogen functional groups attached to an aromatic ring is 1. The number of hydrogen-bond acceptors (Lipinski definition) is 5. The van der Waals surface area contributed by atoms with Crippen molar-refractivity contribution in [1.82, 2.24) is 10.3 Å². The average molecular weight is 236 g/mol. The lowest BCUT2D eigenvalue weighted by Gasteiger charge is -2.10. The number of rotatable bonds is 4. The largest absolute Gasteiger partial charge is 0.376 e. The smallest absolute Gasteiger partial charge is 0.269 e. The third kappa shape index (κ3) is 3.15. The fourth-order valence-electron chi connectivity index (χ4n) is 1.72. The van der Waals surface area contributed by atoms with Crippen molar-refractivity contribution in [2.75, 3.05) is 18.6 Å². The van der Waals surface area contributed by atoms with E-state index >= 15 is 0 Å². The summed E-state index contributed by atoms with van der Waals surface area (Å²) in [6, 6.07) is 3.33. The Morgan fingerprint density at radius 3 is 3.06 bits per heavy atom. The predicted molar refractivity (Wildman–Crippen MR) is 63.4 cm³/mol. The van der Waals surface area contributed by atoms with E-state index in [0.717, 1.165) is 19.4 Å². The first kappa shape index (κ1) is 11.8. The van der Waals surface area contributed by atoms with Crippen molar-refractivity contribution in [2.24, 2.45) is 5.84 Å². The summed E-state index contributed by atoms with van der Waals surface area (Å²) in [7, 11) is 0. The van der Waals surface area contributed by atoms with E-state index in [1.165, 1.54) is 6.20 Å². The van der Waals surface area contributed by atoms with E-state index in [-0.39, 0.29) is 12.0 Å². The monoisotopic (exact) mass is 236 g/mol. The van der Waals surface area contributed by atoms with Crippen molar-refractivity contribution in [3.63, 3.8) is 0 Å². The van der Waals surface area contributed by atoms with E-state index in [4.69, 9.17) is 10.6 Å². The average Bonchev–Trinajstić information content (AvgIpc) is 2.89. The first-order chi connectivity index (χ1) is 8.29. The lowest BCUT2D eigenvalue weighted by molar-refractivity contribution is 0.0854. The molecule has 92 valence electrons. The molecule has 1 aromatic rings. The van der Waals surface area contributed by atoms with Gasteiger partial charge in [0.25, 0.3) is 5.91 Å². The second-order valence-electron chi connectivity index (χ2n) is 3.92. The molecule has 6 heteroatoms. The number of nitrogens with zero attached hydrogens (tertiary/aromatic N) is 1. The Hall–Kier alpha value is -1.66. The van der Waals surface area contributed by atoms with Crippen LogP contribution < -0.4 is 16.6 Å². The van der Waals surface area contributed by atoms with Crippen LogP contribution in [0.25, 0.3) is 0 Å². The Morgan fingerprint density at radius 2 is 2.47 bits per heavy atom. The molecule has 1 aromatic heterocycles. The van der Waals surface area contributed by atoms with Gasteiger partial charge >= 0.3 is 0 Å². The first-order valence-corrected chi connectivity index (χ1v) is 5.62.